The van der Waals surface area contributed by atoms with Crippen molar-refractivity contribution < 1.29 is 9.90 Å². The van der Waals surface area contributed by atoms with Crippen LogP contribution in [0.4, 0.5) is 0 Å². The quantitative estimate of drug-likeness (QED) is 0.430. The highest BCUT2D eigenvalue weighted by Crippen LogP contribution is 2.29. The zero-order valence-corrected chi connectivity index (χ0v) is 18.0. The molecule has 7 heteroatoms. The van der Waals surface area contributed by atoms with Gasteiger partial charge in [0.05, 0.1) is 16.6 Å². The molecule has 1 N–H and O–H groups in total. The second kappa shape index (κ2) is 8.35. The summed E-state index contributed by atoms with van der Waals surface area (Å²) in [5, 5.41) is 14.9. The first kappa shape index (κ1) is 20.6. The van der Waals surface area contributed by atoms with Gasteiger partial charge in [0.25, 0.3) is 5.56 Å². The molecule has 3 heterocycles. The second-order valence-corrected chi connectivity index (χ2v) is 7.91. The Balaban J connectivity index is 1.68. The third-order valence-electron chi connectivity index (χ3n) is 5.90. The lowest BCUT2D eigenvalue weighted by molar-refractivity contribution is -0.141. The van der Waals surface area contributed by atoms with Crippen molar-refractivity contribution in [3.8, 4) is 11.1 Å². The summed E-state index contributed by atoms with van der Waals surface area (Å²) in [5.41, 5.74) is 4.55. The van der Waals surface area contributed by atoms with Gasteiger partial charge in [-0.1, -0.05) is 67.6 Å². The van der Waals surface area contributed by atoms with Crippen molar-refractivity contribution in [3.05, 3.63) is 101 Å². The van der Waals surface area contributed by atoms with Gasteiger partial charge < -0.3 is 9.67 Å². The van der Waals surface area contributed by atoms with Crippen LogP contribution in [0.2, 0.25) is 0 Å². The van der Waals surface area contributed by atoms with Crippen molar-refractivity contribution in [3.63, 3.8) is 0 Å². The van der Waals surface area contributed by atoms with Crippen LogP contribution in [0.3, 0.4) is 0 Å². The van der Waals surface area contributed by atoms with Gasteiger partial charge in [0, 0.05) is 24.4 Å². The third-order valence-corrected chi connectivity index (χ3v) is 5.90. The van der Waals surface area contributed by atoms with E-state index >= 15 is 0 Å². The second-order valence-electron chi connectivity index (χ2n) is 7.91. The van der Waals surface area contributed by atoms with E-state index in [2.05, 4.69) is 4.98 Å². The van der Waals surface area contributed by atoms with E-state index in [-0.39, 0.29) is 6.42 Å². The van der Waals surface area contributed by atoms with E-state index in [0.717, 1.165) is 22.4 Å². The molecule has 0 radical (unpaired) electrons. The summed E-state index contributed by atoms with van der Waals surface area (Å²) in [6.45, 7) is 2.03. The van der Waals surface area contributed by atoms with E-state index in [4.69, 9.17) is 5.10 Å². The number of aryl methyl sites for hydroxylation is 1. The van der Waals surface area contributed by atoms with Crippen molar-refractivity contribution in [1.29, 1.82) is 0 Å². The lowest BCUT2D eigenvalue weighted by Gasteiger charge is -2.16. The topological polar surface area (TPSA) is 89.5 Å². The number of carbonyl (C=O) groups is 1. The number of nitrogens with zero attached hydrogens (tertiary/aromatic N) is 4. The molecule has 0 unspecified atom stereocenters. The Hall–Kier alpha value is -4.26. The number of aliphatic carboxylic acids is 1. The van der Waals surface area contributed by atoms with Crippen LogP contribution < -0.4 is 5.56 Å². The van der Waals surface area contributed by atoms with Crippen LogP contribution in [-0.2, 0) is 17.6 Å². The molecule has 7 nitrogen and oxygen atoms in total. The number of benzene rings is 2. The molecule has 1 atom stereocenters. The zero-order valence-electron chi connectivity index (χ0n) is 18.0. The summed E-state index contributed by atoms with van der Waals surface area (Å²) in [6.07, 6.45) is 3.99. The van der Waals surface area contributed by atoms with Gasteiger partial charge in [-0.15, -0.1) is 0 Å². The Morgan fingerprint density at radius 2 is 1.73 bits per heavy atom. The molecule has 0 aliphatic carbocycles. The Morgan fingerprint density at radius 1 is 1.03 bits per heavy atom. The monoisotopic (exact) mass is 438 g/mol. The molecule has 5 aromatic rings. The zero-order chi connectivity index (χ0) is 22.9. The Bertz CT molecular complexity index is 1520. The first-order valence-corrected chi connectivity index (χ1v) is 10.8. The number of rotatable bonds is 6. The number of hydrogen-bond acceptors (Lipinski definition) is 4. The predicted octanol–water partition coefficient (Wildman–Crippen LogP) is 4.14. The molecule has 33 heavy (non-hydrogen) atoms. The minimum Gasteiger partial charge on any atom is -0.480 e. The molecule has 0 aliphatic rings. The summed E-state index contributed by atoms with van der Waals surface area (Å²) in [4.78, 5) is 30.0. The summed E-state index contributed by atoms with van der Waals surface area (Å²) in [6, 6.07) is 19.9. The van der Waals surface area contributed by atoms with Gasteiger partial charge in [0.1, 0.15) is 6.04 Å². The van der Waals surface area contributed by atoms with Gasteiger partial charge in [-0.25, -0.2) is 14.3 Å². The Morgan fingerprint density at radius 3 is 2.39 bits per heavy atom. The number of carboxylic acid groups (broad SMARTS) is 1. The van der Waals surface area contributed by atoms with E-state index in [1.54, 1.807) is 16.8 Å². The van der Waals surface area contributed by atoms with Crippen LogP contribution in [0.15, 0.2) is 83.9 Å². The number of pyridine rings is 1. The molecule has 0 spiro atoms. The number of hydrogen-bond donors (Lipinski definition) is 1. The minimum absolute atomic E-state index is 0.206. The van der Waals surface area contributed by atoms with Crippen LogP contribution in [0.5, 0.6) is 0 Å². The summed E-state index contributed by atoms with van der Waals surface area (Å²) in [7, 11) is 0. The predicted molar refractivity (Wildman–Crippen MR) is 126 cm³/mol. The van der Waals surface area contributed by atoms with Gasteiger partial charge in [0.15, 0.2) is 5.65 Å². The van der Waals surface area contributed by atoms with Gasteiger partial charge in [-0.2, -0.15) is 5.10 Å². The van der Waals surface area contributed by atoms with Crippen LogP contribution in [0, 0.1) is 0 Å². The fourth-order valence-electron chi connectivity index (χ4n) is 4.26. The first-order chi connectivity index (χ1) is 16.1. The molecule has 0 saturated heterocycles. The van der Waals surface area contributed by atoms with Gasteiger partial charge in [-0.05, 0) is 23.6 Å². The normalized spacial score (nSPS) is 12.3. The highest BCUT2D eigenvalue weighted by atomic mass is 16.4. The molecule has 0 fully saturated rings. The lowest BCUT2D eigenvalue weighted by atomic mass is 10.0. The van der Waals surface area contributed by atoms with Crippen molar-refractivity contribution >= 4 is 22.5 Å². The van der Waals surface area contributed by atoms with E-state index in [0.29, 0.717) is 23.0 Å². The average molecular weight is 438 g/mol. The fraction of sp³-hybridized carbons (Fsp3) is 0.154. The van der Waals surface area contributed by atoms with Crippen LogP contribution in [0.1, 0.15) is 24.2 Å². The maximum absolute atomic E-state index is 13.4. The smallest absolute Gasteiger partial charge is 0.327 e. The molecule has 164 valence electrons. The molecule has 0 bridgehead atoms. The SMILES string of the molecule is CCc1nn2c(ncc3c(=O)n([C@@H](Cc4ccccc4)C(=O)O)ccc32)c1-c1ccccc1. The van der Waals surface area contributed by atoms with Crippen LogP contribution in [0.25, 0.3) is 27.7 Å². The number of carboxylic acids is 1. The lowest BCUT2D eigenvalue weighted by Crippen LogP contribution is -2.31. The average Bonchev–Trinajstić information content (AvgIpc) is 3.23. The molecule has 2 aromatic carbocycles. The summed E-state index contributed by atoms with van der Waals surface area (Å²) in [5.74, 6) is -1.06. The van der Waals surface area contributed by atoms with Crippen LogP contribution in [-0.4, -0.2) is 30.2 Å². The third kappa shape index (κ3) is 3.57. The van der Waals surface area contributed by atoms with Crippen molar-refractivity contribution in [1.82, 2.24) is 19.2 Å². The highest BCUT2D eigenvalue weighted by molar-refractivity contribution is 5.86. The van der Waals surface area contributed by atoms with Gasteiger partial charge >= 0.3 is 5.97 Å². The first-order valence-electron chi connectivity index (χ1n) is 10.8. The molecule has 0 aliphatic heterocycles. The van der Waals surface area contributed by atoms with Gasteiger partial charge in [-0.3, -0.25) is 4.79 Å². The summed E-state index contributed by atoms with van der Waals surface area (Å²) >= 11 is 0. The number of fused-ring (bicyclic) bond motifs is 3. The maximum Gasteiger partial charge on any atom is 0.327 e. The Labute approximate surface area is 189 Å². The summed E-state index contributed by atoms with van der Waals surface area (Å²) < 4.78 is 2.96. The van der Waals surface area contributed by atoms with E-state index in [1.165, 1.54) is 10.8 Å². The van der Waals surface area contributed by atoms with E-state index in [9.17, 15) is 14.7 Å². The van der Waals surface area contributed by atoms with E-state index < -0.39 is 17.6 Å². The standard InChI is InChI=1S/C26H22N4O3/c1-2-20-23(18-11-7-4-8-12-18)24-27-16-19-21(30(24)28-20)13-14-29(25(19)31)22(26(32)33)15-17-9-5-3-6-10-17/h3-14,16,22H,2,15H2,1H3,(H,32,33)/t22-/m0/s1. The minimum atomic E-state index is -1.06. The number of aromatic nitrogens is 4. The van der Waals surface area contributed by atoms with Crippen LogP contribution >= 0.6 is 0 Å². The van der Waals surface area contributed by atoms with Crippen molar-refractivity contribution in [2.45, 2.75) is 25.8 Å². The van der Waals surface area contributed by atoms with E-state index in [1.807, 2.05) is 67.6 Å². The highest BCUT2D eigenvalue weighted by Gasteiger charge is 2.23. The maximum atomic E-state index is 13.4. The van der Waals surface area contributed by atoms with Crippen molar-refractivity contribution in [2.75, 3.05) is 0 Å². The molecular formula is C26H22N4O3. The van der Waals surface area contributed by atoms with Gasteiger partial charge in [0.2, 0.25) is 0 Å². The molecule has 3 aromatic heterocycles. The molecular weight excluding hydrogens is 416 g/mol. The van der Waals surface area contributed by atoms with Crippen molar-refractivity contribution in [2.24, 2.45) is 0 Å². The Kier molecular flexibility index (Phi) is 5.22. The molecule has 5 rings (SSSR count). The molecule has 0 saturated carbocycles. The fourth-order valence-corrected chi connectivity index (χ4v) is 4.26. The molecule has 0 amide bonds. The largest absolute Gasteiger partial charge is 0.480 e.